The number of aliphatic hydroxyl groups is 2. The Balaban J connectivity index is 0.00000243. The van der Waals surface area contributed by atoms with Gasteiger partial charge in [0.2, 0.25) is 0 Å². The molecule has 0 aliphatic rings. The molecule has 0 spiro atoms. The van der Waals surface area contributed by atoms with Crippen LogP contribution in [0.5, 0.6) is 0 Å². The van der Waals surface area contributed by atoms with Crippen LogP contribution in [0.4, 0.5) is 0 Å². The Morgan fingerprint density at radius 2 is 1.04 bits per heavy atom. The van der Waals surface area contributed by atoms with E-state index in [4.69, 9.17) is 0 Å². The first-order chi connectivity index (χ1) is 12.3. The van der Waals surface area contributed by atoms with Crippen molar-refractivity contribution in [1.29, 1.82) is 0 Å². The summed E-state index contributed by atoms with van der Waals surface area (Å²) in [4.78, 5) is 0. The molecule has 2 nitrogen and oxygen atoms in total. The second-order valence-corrected chi connectivity index (χ2v) is 7.16. The zero-order chi connectivity index (χ0) is 17.5. The Labute approximate surface area is 166 Å². The average Bonchev–Trinajstić information content (AvgIpc) is 2.71. The van der Waals surface area contributed by atoms with Crippen LogP contribution in [0.1, 0.15) is 16.7 Å². The van der Waals surface area contributed by atoms with Gasteiger partial charge in [0.25, 0.3) is 0 Å². The lowest BCUT2D eigenvalue weighted by atomic mass is 9.84. The van der Waals surface area contributed by atoms with Gasteiger partial charge in [0, 0.05) is 5.75 Å². The lowest BCUT2D eigenvalue weighted by molar-refractivity contribution is 0.113. The molecular formula is C22H24O2S2. The minimum Gasteiger partial charge on any atom is -0.394 e. The van der Waals surface area contributed by atoms with Crippen LogP contribution >= 0.6 is 25.3 Å². The highest BCUT2D eigenvalue weighted by atomic mass is 32.2. The van der Waals surface area contributed by atoms with E-state index in [1.807, 2.05) is 54.6 Å². The van der Waals surface area contributed by atoms with E-state index in [2.05, 4.69) is 36.4 Å². The molecule has 2 N–H and O–H groups in total. The van der Waals surface area contributed by atoms with E-state index in [9.17, 15) is 10.2 Å². The lowest BCUT2D eigenvalue weighted by Gasteiger charge is -2.36. The first kappa shape index (κ1) is 20.6. The molecule has 0 aliphatic carbocycles. The van der Waals surface area contributed by atoms with Crippen LogP contribution in [0, 0.1) is 0 Å². The molecule has 4 heteroatoms. The van der Waals surface area contributed by atoms with Crippen molar-refractivity contribution in [2.24, 2.45) is 0 Å². The average molecular weight is 385 g/mol. The van der Waals surface area contributed by atoms with Gasteiger partial charge >= 0.3 is 0 Å². The molecule has 26 heavy (non-hydrogen) atoms. The highest BCUT2D eigenvalue weighted by molar-refractivity contribution is 8.00. The third-order valence-electron chi connectivity index (χ3n) is 4.24. The van der Waals surface area contributed by atoms with E-state index in [1.165, 1.54) is 0 Å². The predicted molar refractivity (Wildman–Crippen MR) is 115 cm³/mol. The summed E-state index contributed by atoms with van der Waals surface area (Å²) in [6, 6.07) is 31.0. The van der Waals surface area contributed by atoms with Crippen molar-refractivity contribution in [3.05, 3.63) is 108 Å². The first-order valence-corrected chi connectivity index (χ1v) is 9.35. The third-order valence-corrected chi connectivity index (χ3v) is 5.94. The van der Waals surface area contributed by atoms with Gasteiger partial charge in [0.15, 0.2) is 0 Å². The lowest BCUT2D eigenvalue weighted by Crippen LogP contribution is -2.29. The van der Waals surface area contributed by atoms with Crippen molar-refractivity contribution < 1.29 is 10.2 Å². The predicted octanol–water partition coefficient (Wildman–Crippen LogP) is 4.18. The molecule has 136 valence electrons. The minimum atomic E-state index is -0.750. The molecule has 3 aromatic rings. The van der Waals surface area contributed by atoms with E-state index in [0.717, 1.165) is 16.7 Å². The van der Waals surface area contributed by atoms with Crippen LogP contribution in [-0.2, 0) is 4.75 Å². The summed E-state index contributed by atoms with van der Waals surface area (Å²) in [5, 5.41) is 19.3. The topological polar surface area (TPSA) is 40.5 Å². The molecule has 0 aliphatic heterocycles. The van der Waals surface area contributed by atoms with Crippen molar-refractivity contribution in [3.8, 4) is 0 Å². The maximum Gasteiger partial charge on any atom is 0.0907 e. The number of hydrogen-bond acceptors (Lipinski definition) is 3. The second kappa shape index (κ2) is 9.83. The number of benzene rings is 3. The molecule has 0 saturated carbocycles. The third kappa shape index (κ3) is 4.33. The van der Waals surface area contributed by atoms with Crippen molar-refractivity contribution in [2.75, 3.05) is 12.4 Å². The largest absolute Gasteiger partial charge is 0.394 e. The van der Waals surface area contributed by atoms with E-state index in [-0.39, 0.29) is 20.1 Å². The molecular weight excluding hydrogens is 360 g/mol. The molecule has 0 aromatic heterocycles. The fourth-order valence-corrected chi connectivity index (χ4v) is 4.50. The molecule has 0 heterocycles. The van der Waals surface area contributed by atoms with E-state index < -0.39 is 10.9 Å². The number of thioether (sulfide) groups is 1. The minimum absolute atomic E-state index is 0. The second-order valence-electron chi connectivity index (χ2n) is 5.93. The van der Waals surface area contributed by atoms with Gasteiger partial charge in [-0.25, -0.2) is 0 Å². The summed E-state index contributed by atoms with van der Waals surface area (Å²) in [6.07, 6.45) is -0.750. The molecule has 1 atom stereocenters. The van der Waals surface area contributed by atoms with Crippen LogP contribution in [0.25, 0.3) is 0 Å². The van der Waals surface area contributed by atoms with Gasteiger partial charge in [-0.3, -0.25) is 0 Å². The van der Waals surface area contributed by atoms with E-state index >= 15 is 0 Å². The van der Waals surface area contributed by atoms with Crippen LogP contribution in [0.3, 0.4) is 0 Å². The van der Waals surface area contributed by atoms with Crippen LogP contribution in [0.2, 0.25) is 0 Å². The summed E-state index contributed by atoms with van der Waals surface area (Å²) in [6.45, 7) is -0.235. The first-order valence-electron chi connectivity index (χ1n) is 8.37. The Morgan fingerprint density at radius 3 is 1.35 bits per heavy atom. The molecule has 0 radical (unpaired) electrons. The van der Waals surface area contributed by atoms with Gasteiger partial charge in [-0.1, -0.05) is 91.0 Å². The van der Waals surface area contributed by atoms with Gasteiger partial charge in [-0.15, -0.1) is 11.8 Å². The molecule has 0 saturated heterocycles. The molecule has 0 bridgehead atoms. The van der Waals surface area contributed by atoms with E-state index in [0.29, 0.717) is 5.75 Å². The monoisotopic (exact) mass is 384 g/mol. The SMILES string of the molecule is OC[C@H](O)CSC(c1ccccc1)(c1ccccc1)c1ccccc1.S. The quantitative estimate of drug-likeness (QED) is 0.601. The van der Waals surface area contributed by atoms with Gasteiger partial charge in [0.05, 0.1) is 17.5 Å². The van der Waals surface area contributed by atoms with Crippen molar-refractivity contribution in [3.63, 3.8) is 0 Å². The highest BCUT2D eigenvalue weighted by Gasteiger charge is 2.37. The van der Waals surface area contributed by atoms with E-state index in [1.54, 1.807) is 11.8 Å². The molecule has 0 amide bonds. The summed E-state index contributed by atoms with van der Waals surface area (Å²) >= 11 is 1.65. The van der Waals surface area contributed by atoms with Gasteiger partial charge in [-0.05, 0) is 16.7 Å². The zero-order valence-corrected chi connectivity index (χ0v) is 16.3. The Kier molecular flexibility index (Phi) is 7.79. The van der Waals surface area contributed by atoms with Crippen LogP contribution in [0.15, 0.2) is 91.0 Å². The standard InChI is InChI=1S/C22H22O2S.H2S/c23-16-21(24)17-25-22(18-10-4-1-5-11-18,19-12-6-2-7-13-19)20-14-8-3-9-15-20;/h1-15,21,23-24H,16-17H2;1H2/t21-;/m0./s1. The van der Waals surface area contributed by atoms with Crippen molar-refractivity contribution in [2.45, 2.75) is 10.9 Å². The van der Waals surface area contributed by atoms with Crippen molar-refractivity contribution in [1.82, 2.24) is 0 Å². The maximum absolute atomic E-state index is 9.99. The van der Waals surface area contributed by atoms with Crippen molar-refractivity contribution >= 4 is 25.3 Å². The molecule has 3 aromatic carbocycles. The van der Waals surface area contributed by atoms with Gasteiger partial charge in [0.1, 0.15) is 0 Å². The fraction of sp³-hybridized carbons (Fsp3) is 0.182. The Hall–Kier alpha value is -1.72. The van der Waals surface area contributed by atoms with Crippen LogP contribution in [-0.4, -0.2) is 28.7 Å². The Morgan fingerprint density at radius 1 is 0.692 bits per heavy atom. The summed E-state index contributed by atoms with van der Waals surface area (Å²) < 4.78 is -0.445. The van der Waals surface area contributed by atoms with Gasteiger partial charge in [-0.2, -0.15) is 13.5 Å². The fourth-order valence-electron chi connectivity index (χ4n) is 3.04. The highest BCUT2D eigenvalue weighted by Crippen LogP contribution is 2.48. The number of hydrogen-bond donors (Lipinski definition) is 2. The van der Waals surface area contributed by atoms with Gasteiger partial charge < -0.3 is 10.2 Å². The molecule has 0 unspecified atom stereocenters. The number of aliphatic hydroxyl groups excluding tert-OH is 2. The maximum atomic E-state index is 9.99. The Bertz CT molecular complexity index is 667. The molecule has 0 fully saturated rings. The number of rotatable bonds is 7. The summed E-state index contributed by atoms with van der Waals surface area (Å²) in [7, 11) is 0. The summed E-state index contributed by atoms with van der Waals surface area (Å²) in [5.74, 6) is 0.440. The smallest absolute Gasteiger partial charge is 0.0907 e. The summed E-state index contributed by atoms with van der Waals surface area (Å²) in [5.41, 5.74) is 3.47. The normalized spacial score (nSPS) is 12.2. The molecule has 3 rings (SSSR count). The zero-order valence-electron chi connectivity index (χ0n) is 14.5. The van der Waals surface area contributed by atoms with Crippen LogP contribution < -0.4 is 0 Å².